The van der Waals surface area contributed by atoms with Gasteiger partial charge in [0.05, 0.1) is 0 Å². The number of amides is 1. The molecule has 0 atom stereocenters. The minimum absolute atomic E-state index is 0.144. The summed E-state index contributed by atoms with van der Waals surface area (Å²) in [6, 6.07) is 2.75. The van der Waals surface area contributed by atoms with E-state index in [0.717, 1.165) is 13.1 Å². The van der Waals surface area contributed by atoms with E-state index in [9.17, 15) is 9.59 Å². The van der Waals surface area contributed by atoms with Gasteiger partial charge in [0.2, 0.25) is 5.56 Å². The first kappa shape index (κ1) is 11.2. The molecular formula is C10H12ClN3O2. The van der Waals surface area contributed by atoms with Crippen molar-refractivity contribution in [1.82, 2.24) is 15.2 Å². The number of hydrogen-bond acceptors (Lipinski definition) is 3. The van der Waals surface area contributed by atoms with Gasteiger partial charge in [0, 0.05) is 37.8 Å². The molecule has 2 N–H and O–H groups in total. The number of halogens is 1. The largest absolute Gasteiger partial charge is 0.336 e. The van der Waals surface area contributed by atoms with Gasteiger partial charge in [-0.1, -0.05) is 11.6 Å². The molecule has 6 heteroatoms. The standard InChI is InChI=1S/C10H12ClN3O2/c11-8-5-7(6-9(15)13-8)10(16)14-3-1-12-2-4-14/h5-6,12H,1-4H2,(H,13,15). The molecular weight excluding hydrogens is 230 g/mol. The van der Waals surface area contributed by atoms with Crippen LogP contribution in [0.15, 0.2) is 16.9 Å². The van der Waals surface area contributed by atoms with Crippen LogP contribution >= 0.6 is 11.6 Å². The Labute approximate surface area is 97.4 Å². The van der Waals surface area contributed by atoms with E-state index in [0.29, 0.717) is 18.7 Å². The first-order chi connectivity index (χ1) is 7.66. The van der Waals surface area contributed by atoms with E-state index in [4.69, 9.17) is 11.6 Å². The summed E-state index contributed by atoms with van der Waals surface area (Å²) in [6.45, 7) is 2.87. The minimum atomic E-state index is -0.356. The van der Waals surface area contributed by atoms with Gasteiger partial charge in [-0.25, -0.2) is 0 Å². The molecule has 1 aliphatic rings. The normalized spacial score (nSPS) is 16.2. The molecule has 0 aromatic carbocycles. The van der Waals surface area contributed by atoms with Crippen LogP contribution < -0.4 is 10.9 Å². The fourth-order valence-corrected chi connectivity index (χ4v) is 1.89. The van der Waals surface area contributed by atoms with Crippen molar-refractivity contribution in [3.05, 3.63) is 33.2 Å². The number of carbonyl (C=O) groups excluding carboxylic acids is 1. The van der Waals surface area contributed by atoms with Crippen LogP contribution in [0.1, 0.15) is 10.4 Å². The number of rotatable bonds is 1. The predicted molar refractivity (Wildman–Crippen MR) is 60.8 cm³/mol. The zero-order chi connectivity index (χ0) is 11.5. The van der Waals surface area contributed by atoms with Crippen molar-refractivity contribution in [3.63, 3.8) is 0 Å². The highest BCUT2D eigenvalue weighted by Gasteiger charge is 2.18. The van der Waals surface area contributed by atoms with Gasteiger partial charge in [-0.3, -0.25) is 9.59 Å². The lowest BCUT2D eigenvalue weighted by molar-refractivity contribution is 0.0735. The van der Waals surface area contributed by atoms with Gasteiger partial charge in [-0.05, 0) is 6.07 Å². The molecule has 2 heterocycles. The Morgan fingerprint density at radius 2 is 2.00 bits per heavy atom. The van der Waals surface area contributed by atoms with Crippen molar-refractivity contribution in [3.8, 4) is 0 Å². The van der Waals surface area contributed by atoms with Gasteiger partial charge in [0.15, 0.2) is 0 Å². The maximum absolute atomic E-state index is 12.0. The number of pyridine rings is 1. The molecule has 0 spiro atoms. The minimum Gasteiger partial charge on any atom is -0.336 e. The number of nitrogens with one attached hydrogen (secondary N) is 2. The Balaban J connectivity index is 2.22. The van der Waals surface area contributed by atoms with Gasteiger partial charge in [0.25, 0.3) is 5.91 Å². The molecule has 1 fully saturated rings. The lowest BCUT2D eigenvalue weighted by Gasteiger charge is -2.27. The number of H-pyrrole nitrogens is 1. The number of nitrogens with zero attached hydrogens (tertiary/aromatic N) is 1. The van der Waals surface area contributed by atoms with E-state index in [1.807, 2.05) is 0 Å². The molecule has 86 valence electrons. The van der Waals surface area contributed by atoms with Crippen molar-refractivity contribution in [2.75, 3.05) is 26.2 Å². The second-order valence-corrected chi connectivity index (χ2v) is 4.03. The Bertz CT molecular complexity index is 452. The van der Waals surface area contributed by atoms with E-state index in [1.54, 1.807) is 4.90 Å². The summed E-state index contributed by atoms with van der Waals surface area (Å²) in [4.78, 5) is 27.3. The highest BCUT2D eigenvalue weighted by atomic mass is 35.5. The molecule has 0 radical (unpaired) electrons. The molecule has 0 unspecified atom stereocenters. The summed E-state index contributed by atoms with van der Waals surface area (Å²) >= 11 is 5.69. The van der Waals surface area contributed by atoms with Crippen LogP contribution in [0.5, 0.6) is 0 Å². The summed E-state index contributed by atoms with van der Waals surface area (Å²) in [5.74, 6) is -0.144. The van der Waals surface area contributed by atoms with E-state index in [2.05, 4.69) is 10.3 Å². The molecule has 0 aliphatic carbocycles. The maximum atomic E-state index is 12.0. The molecule has 0 saturated carbocycles. The predicted octanol–water partition coefficient (Wildman–Crippen LogP) is 0.0737. The molecule has 1 aromatic rings. The van der Waals surface area contributed by atoms with Crippen LogP contribution in [0.3, 0.4) is 0 Å². The summed E-state index contributed by atoms with van der Waals surface area (Å²) in [5, 5.41) is 3.34. The monoisotopic (exact) mass is 241 g/mol. The third-order valence-corrected chi connectivity index (χ3v) is 2.67. The van der Waals surface area contributed by atoms with Crippen LogP contribution in [-0.2, 0) is 0 Å². The highest BCUT2D eigenvalue weighted by Crippen LogP contribution is 2.08. The molecule has 16 heavy (non-hydrogen) atoms. The SMILES string of the molecule is O=C(c1cc(Cl)[nH]c(=O)c1)N1CCNCC1. The molecule has 1 aromatic heterocycles. The third kappa shape index (κ3) is 2.43. The van der Waals surface area contributed by atoms with E-state index < -0.39 is 0 Å². The Hall–Kier alpha value is -1.33. The van der Waals surface area contributed by atoms with Gasteiger partial charge in [-0.2, -0.15) is 0 Å². The molecule has 0 bridgehead atoms. The number of aromatic amines is 1. The fourth-order valence-electron chi connectivity index (χ4n) is 1.68. The first-order valence-corrected chi connectivity index (χ1v) is 5.44. The van der Waals surface area contributed by atoms with Gasteiger partial charge >= 0.3 is 0 Å². The van der Waals surface area contributed by atoms with Crippen molar-refractivity contribution in [1.29, 1.82) is 0 Å². The maximum Gasteiger partial charge on any atom is 0.254 e. The lowest BCUT2D eigenvalue weighted by Crippen LogP contribution is -2.46. The summed E-state index contributed by atoms with van der Waals surface area (Å²) in [6.07, 6.45) is 0. The fraction of sp³-hybridized carbons (Fsp3) is 0.400. The number of piperazine rings is 1. The molecule has 1 amide bonds. The van der Waals surface area contributed by atoms with Crippen LogP contribution in [0.2, 0.25) is 5.15 Å². The van der Waals surface area contributed by atoms with Crippen molar-refractivity contribution in [2.24, 2.45) is 0 Å². The third-order valence-electron chi connectivity index (χ3n) is 2.46. The molecule has 5 nitrogen and oxygen atoms in total. The van der Waals surface area contributed by atoms with E-state index in [-0.39, 0.29) is 16.6 Å². The summed E-state index contributed by atoms with van der Waals surface area (Å²) < 4.78 is 0. The van der Waals surface area contributed by atoms with E-state index in [1.165, 1.54) is 12.1 Å². The average molecular weight is 242 g/mol. The number of carbonyl (C=O) groups is 1. The Morgan fingerprint density at radius 3 is 2.62 bits per heavy atom. The summed E-state index contributed by atoms with van der Waals surface area (Å²) in [5.41, 5.74) is -0.0124. The van der Waals surface area contributed by atoms with E-state index >= 15 is 0 Å². The van der Waals surface area contributed by atoms with Crippen molar-refractivity contribution in [2.45, 2.75) is 0 Å². The average Bonchev–Trinajstić information content (AvgIpc) is 2.28. The van der Waals surface area contributed by atoms with Crippen molar-refractivity contribution >= 4 is 17.5 Å². The highest BCUT2D eigenvalue weighted by molar-refractivity contribution is 6.29. The zero-order valence-electron chi connectivity index (χ0n) is 8.62. The van der Waals surface area contributed by atoms with Crippen LogP contribution in [0.25, 0.3) is 0 Å². The Morgan fingerprint density at radius 1 is 1.31 bits per heavy atom. The lowest BCUT2D eigenvalue weighted by atomic mass is 10.2. The van der Waals surface area contributed by atoms with Crippen LogP contribution in [0.4, 0.5) is 0 Å². The second kappa shape index (κ2) is 4.67. The molecule has 1 aliphatic heterocycles. The molecule has 2 rings (SSSR count). The first-order valence-electron chi connectivity index (χ1n) is 5.07. The summed E-state index contributed by atoms with van der Waals surface area (Å²) in [7, 11) is 0. The number of hydrogen-bond donors (Lipinski definition) is 2. The number of aromatic nitrogens is 1. The quantitative estimate of drug-likeness (QED) is 0.684. The second-order valence-electron chi connectivity index (χ2n) is 3.62. The topological polar surface area (TPSA) is 65.2 Å². The smallest absolute Gasteiger partial charge is 0.254 e. The van der Waals surface area contributed by atoms with Gasteiger partial charge < -0.3 is 15.2 Å². The van der Waals surface area contributed by atoms with Crippen LogP contribution in [0, 0.1) is 0 Å². The van der Waals surface area contributed by atoms with Gasteiger partial charge in [0.1, 0.15) is 5.15 Å². The molecule has 1 saturated heterocycles. The van der Waals surface area contributed by atoms with Gasteiger partial charge in [-0.15, -0.1) is 0 Å². The Kier molecular flexibility index (Phi) is 3.26. The van der Waals surface area contributed by atoms with Crippen molar-refractivity contribution < 1.29 is 4.79 Å². The zero-order valence-corrected chi connectivity index (χ0v) is 9.38. The van der Waals surface area contributed by atoms with Crippen LogP contribution in [-0.4, -0.2) is 42.0 Å².